The van der Waals surface area contributed by atoms with Crippen LogP contribution in [0.4, 0.5) is 13.2 Å². The molecule has 0 radical (unpaired) electrons. The molecule has 2 aliphatic heterocycles. The Morgan fingerprint density at radius 2 is 2.18 bits per heavy atom. The van der Waals surface area contributed by atoms with Crippen molar-refractivity contribution >= 4 is 5.78 Å². The first kappa shape index (κ1) is 12.8. The van der Waals surface area contributed by atoms with Crippen molar-refractivity contribution in [2.45, 2.75) is 44.0 Å². The molecule has 0 saturated carbocycles. The molecule has 0 aromatic rings. The van der Waals surface area contributed by atoms with Gasteiger partial charge in [-0.2, -0.15) is 13.2 Å². The van der Waals surface area contributed by atoms with Crippen LogP contribution in [-0.4, -0.2) is 48.7 Å². The summed E-state index contributed by atoms with van der Waals surface area (Å²) in [6.45, 7) is 1.86. The average molecular weight is 251 g/mol. The molecule has 17 heavy (non-hydrogen) atoms. The summed E-state index contributed by atoms with van der Waals surface area (Å²) in [5.74, 6) is -0.423. The number of halogens is 3. The Labute approximate surface area is 97.9 Å². The maximum Gasteiger partial charge on any atom is 0.389 e. The van der Waals surface area contributed by atoms with Crippen molar-refractivity contribution in [2.75, 3.05) is 19.7 Å². The van der Waals surface area contributed by atoms with Crippen LogP contribution in [-0.2, 0) is 9.53 Å². The molecular formula is C11H16F3NO2. The molecule has 2 heterocycles. The summed E-state index contributed by atoms with van der Waals surface area (Å²) < 4.78 is 41.3. The predicted octanol–water partition coefficient (Wildman–Crippen LogP) is 1.76. The number of Topliss-reactive ketones (excluding diaryl/α,β-unsaturated/α-hetero) is 1. The molecule has 2 fully saturated rings. The molecule has 0 aromatic heterocycles. The number of carbonyl (C=O) groups is 1. The first-order chi connectivity index (χ1) is 7.96. The number of fused-ring (bicyclic) bond motifs is 1. The van der Waals surface area contributed by atoms with Gasteiger partial charge in [-0.1, -0.05) is 0 Å². The second kappa shape index (κ2) is 4.94. The van der Waals surface area contributed by atoms with Gasteiger partial charge in [-0.25, -0.2) is 0 Å². The lowest BCUT2D eigenvalue weighted by Gasteiger charge is -2.34. The summed E-state index contributed by atoms with van der Waals surface area (Å²) in [6.07, 6.45) is -4.30. The molecule has 0 aliphatic carbocycles. The van der Waals surface area contributed by atoms with Gasteiger partial charge in [0, 0.05) is 19.0 Å². The summed E-state index contributed by atoms with van der Waals surface area (Å²) in [5.41, 5.74) is 0. The lowest BCUT2D eigenvalue weighted by Crippen LogP contribution is -2.49. The number of carbonyl (C=O) groups excluding carboxylic acids is 1. The van der Waals surface area contributed by atoms with E-state index in [-0.39, 0.29) is 0 Å². The Balaban J connectivity index is 1.80. The Morgan fingerprint density at radius 1 is 1.41 bits per heavy atom. The van der Waals surface area contributed by atoms with Crippen molar-refractivity contribution in [2.24, 2.45) is 0 Å². The molecule has 2 atom stereocenters. The zero-order chi connectivity index (χ0) is 12.5. The van der Waals surface area contributed by atoms with Crippen molar-refractivity contribution < 1.29 is 22.7 Å². The zero-order valence-corrected chi connectivity index (χ0v) is 9.50. The quantitative estimate of drug-likeness (QED) is 0.765. The van der Waals surface area contributed by atoms with Crippen LogP contribution in [0.1, 0.15) is 25.7 Å². The molecule has 6 heteroatoms. The van der Waals surface area contributed by atoms with Crippen LogP contribution in [0, 0.1) is 0 Å². The van der Waals surface area contributed by atoms with Gasteiger partial charge in [0.05, 0.1) is 13.0 Å². The van der Waals surface area contributed by atoms with Crippen LogP contribution in [0.25, 0.3) is 0 Å². The topological polar surface area (TPSA) is 29.5 Å². The smallest absolute Gasteiger partial charge is 0.367 e. The Hall–Kier alpha value is -0.620. The van der Waals surface area contributed by atoms with Gasteiger partial charge in [0.15, 0.2) is 5.78 Å². The largest absolute Gasteiger partial charge is 0.389 e. The minimum Gasteiger partial charge on any atom is -0.367 e. The van der Waals surface area contributed by atoms with E-state index in [0.717, 1.165) is 19.4 Å². The Bertz CT molecular complexity index is 293. The SMILES string of the molecule is O=C(CCC(F)(F)F)C1CN2CCCC2CO1. The molecular weight excluding hydrogens is 235 g/mol. The Morgan fingerprint density at radius 3 is 2.88 bits per heavy atom. The normalized spacial score (nSPS) is 30.3. The number of hydrogen-bond acceptors (Lipinski definition) is 3. The van der Waals surface area contributed by atoms with E-state index < -0.39 is 30.9 Å². The number of rotatable bonds is 3. The van der Waals surface area contributed by atoms with E-state index in [2.05, 4.69) is 4.90 Å². The first-order valence-corrected chi connectivity index (χ1v) is 5.91. The molecule has 98 valence electrons. The second-order valence-corrected chi connectivity index (χ2v) is 4.69. The third-order valence-corrected chi connectivity index (χ3v) is 3.40. The minimum absolute atomic E-state index is 0.363. The molecule has 2 rings (SSSR count). The van der Waals surface area contributed by atoms with Crippen molar-refractivity contribution in [1.82, 2.24) is 4.90 Å². The van der Waals surface area contributed by atoms with Gasteiger partial charge in [-0.05, 0) is 19.4 Å². The molecule has 0 amide bonds. The molecule has 0 aromatic carbocycles. The van der Waals surface area contributed by atoms with Crippen LogP contribution < -0.4 is 0 Å². The predicted molar refractivity (Wildman–Crippen MR) is 54.6 cm³/mol. The zero-order valence-electron chi connectivity index (χ0n) is 9.50. The van der Waals surface area contributed by atoms with E-state index in [1.165, 1.54) is 0 Å². The fraction of sp³-hybridized carbons (Fsp3) is 0.909. The van der Waals surface area contributed by atoms with Gasteiger partial charge >= 0.3 is 6.18 Å². The van der Waals surface area contributed by atoms with Gasteiger partial charge in [-0.15, -0.1) is 0 Å². The number of nitrogens with zero attached hydrogens (tertiary/aromatic N) is 1. The lowest BCUT2D eigenvalue weighted by atomic mass is 10.1. The number of ether oxygens (including phenoxy) is 1. The maximum absolute atomic E-state index is 12.0. The van der Waals surface area contributed by atoms with Crippen LogP contribution in [0.3, 0.4) is 0 Å². The standard InChI is InChI=1S/C11H16F3NO2/c12-11(13,14)4-3-9(16)10-6-15-5-1-2-8(15)7-17-10/h8,10H,1-7H2. The summed E-state index contributed by atoms with van der Waals surface area (Å²) in [6, 6.07) is 0.363. The van der Waals surface area contributed by atoms with Gasteiger partial charge in [0.25, 0.3) is 0 Å². The number of ketones is 1. The summed E-state index contributed by atoms with van der Waals surface area (Å²) in [4.78, 5) is 13.7. The van der Waals surface area contributed by atoms with Crippen molar-refractivity contribution in [3.63, 3.8) is 0 Å². The average Bonchev–Trinajstić information content (AvgIpc) is 2.71. The van der Waals surface area contributed by atoms with Crippen LogP contribution in [0.15, 0.2) is 0 Å². The summed E-state index contributed by atoms with van der Waals surface area (Å²) in [7, 11) is 0. The molecule has 2 aliphatic rings. The molecule has 0 spiro atoms. The van der Waals surface area contributed by atoms with E-state index in [9.17, 15) is 18.0 Å². The monoisotopic (exact) mass is 251 g/mol. The maximum atomic E-state index is 12.0. The molecule has 0 bridgehead atoms. The minimum atomic E-state index is -4.26. The fourth-order valence-electron chi connectivity index (χ4n) is 2.44. The van der Waals surface area contributed by atoms with Crippen LogP contribution in [0.2, 0.25) is 0 Å². The molecule has 2 saturated heterocycles. The van der Waals surface area contributed by atoms with E-state index >= 15 is 0 Å². The highest BCUT2D eigenvalue weighted by molar-refractivity contribution is 5.83. The second-order valence-electron chi connectivity index (χ2n) is 4.69. The first-order valence-electron chi connectivity index (χ1n) is 5.91. The van der Waals surface area contributed by atoms with Gasteiger partial charge in [0.1, 0.15) is 6.10 Å². The highest BCUT2D eigenvalue weighted by Gasteiger charge is 2.36. The Kier molecular flexibility index (Phi) is 3.73. The summed E-state index contributed by atoms with van der Waals surface area (Å²) >= 11 is 0. The van der Waals surface area contributed by atoms with Gasteiger partial charge in [-0.3, -0.25) is 9.69 Å². The highest BCUT2D eigenvalue weighted by Crippen LogP contribution is 2.25. The fourth-order valence-corrected chi connectivity index (χ4v) is 2.44. The van der Waals surface area contributed by atoms with Crippen molar-refractivity contribution in [3.05, 3.63) is 0 Å². The van der Waals surface area contributed by atoms with E-state index in [1.807, 2.05) is 0 Å². The number of morpholine rings is 1. The molecule has 2 unspecified atom stereocenters. The molecule has 0 N–H and O–H groups in total. The highest BCUT2D eigenvalue weighted by atomic mass is 19.4. The van der Waals surface area contributed by atoms with Crippen molar-refractivity contribution in [1.29, 1.82) is 0 Å². The van der Waals surface area contributed by atoms with E-state index in [4.69, 9.17) is 4.74 Å². The third-order valence-electron chi connectivity index (χ3n) is 3.40. The summed E-state index contributed by atoms with van der Waals surface area (Å²) in [5, 5.41) is 0. The van der Waals surface area contributed by atoms with E-state index in [0.29, 0.717) is 19.2 Å². The van der Waals surface area contributed by atoms with Gasteiger partial charge in [0.2, 0.25) is 0 Å². The number of hydrogen-bond donors (Lipinski definition) is 0. The van der Waals surface area contributed by atoms with E-state index in [1.54, 1.807) is 0 Å². The van der Waals surface area contributed by atoms with Crippen LogP contribution >= 0.6 is 0 Å². The molecule has 3 nitrogen and oxygen atoms in total. The van der Waals surface area contributed by atoms with Crippen molar-refractivity contribution in [3.8, 4) is 0 Å². The lowest BCUT2D eigenvalue weighted by molar-refractivity contribution is -0.152. The number of alkyl halides is 3. The van der Waals surface area contributed by atoms with Gasteiger partial charge < -0.3 is 4.74 Å². The third kappa shape index (κ3) is 3.42. The van der Waals surface area contributed by atoms with Crippen LogP contribution in [0.5, 0.6) is 0 Å².